The predicted octanol–water partition coefficient (Wildman–Crippen LogP) is 4.25. The molecule has 1 heterocycles. The Morgan fingerprint density at radius 1 is 1.25 bits per heavy atom. The standard InChI is InChI=1S/C16H22N2OS/c1-5-8-17-10-14-6-7-15(11(2)9-14)20-16-18-12(3)13(4)19-16/h6-7,9,17H,5,8,10H2,1-4H3. The average molecular weight is 290 g/mol. The highest BCUT2D eigenvalue weighted by atomic mass is 32.2. The summed E-state index contributed by atoms with van der Waals surface area (Å²) < 4.78 is 5.62. The molecule has 0 saturated heterocycles. The highest BCUT2D eigenvalue weighted by Crippen LogP contribution is 2.31. The fraction of sp³-hybridized carbons (Fsp3) is 0.438. The Bertz CT molecular complexity index is 558. The fourth-order valence-corrected chi connectivity index (χ4v) is 2.82. The van der Waals surface area contributed by atoms with Gasteiger partial charge in [-0.2, -0.15) is 0 Å². The van der Waals surface area contributed by atoms with E-state index < -0.39 is 0 Å². The van der Waals surface area contributed by atoms with Crippen molar-refractivity contribution in [3.63, 3.8) is 0 Å². The van der Waals surface area contributed by atoms with Crippen LogP contribution in [0, 0.1) is 20.8 Å². The van der Waals surface area contributed by atoms with E-state index in [-0.39, 0.29) is 0 Å². The Kier molecular flexibility index (Phi) is 5.26. The number of benzene rings is 1. The number of nitrogens with one attached hydrogen (secondary N) is 1. The monoisotopic (exact) mass is 290 g/mol. The minimum atomic E-state index is 0.722. The summed E-state index contributed by atoms with van der Waals surface area (Å²) in [5.74, 6) is 0.894. The molecule has 108 valence electrons. The van der Waals surface area contributed by atoms with Crippen LogP contribution in [0.2, 0.25) is 0 Å². The molecule has 0 amide bonds. The van der Waals surface area contributed by atoms with E-state index in [0.29, 0.717) is 0 Å². The van der Waals surface area contributed by atoms with Gasteiger partial charge >= 0.3 is 0 Å². The van der Waals surface area contributed by atoms with Gasteiger partial charge in [0, 0.05) is 11.4 Å². The van der Waals surface area contributed by atoms with Crippen LogP contribution in [0.3, 0.4) is 0 Å². The lowest BCUT2D eigenvalue weighted by molar-refractivity contribution is 0.431. The third-order valence-corrected chi connectivity index (χ3v) is 4.23. The lowest BCUT2D eigenvalue weighted by atomic mass is 10.1. The molecule has 2 rings (SSSR count). The molecule has 0 aliphatic heterocycles. The van der Waals surface area contributed by atoms with E-state index in [4.69, 9.17) is 4.42 Å². The molecule has 0 saturated carbocycles. The fourth-order valence-electron chi connectivity index (χ4n) is 1.93. The van der Waals surface area contributed by atoms with Crippen molar-refractivity contribution in [2.45, 2.75) is 50.8 Å². The minimum Gasteiger partial charge on any atom is -0.436 e. The van der Waals surface area contributed by atoms with Crippen molar-refractivity contribution in [3.05, 3.63) is 40.8 Å². The maximum absolute atomic E-state index is 5.62. The van der Waals surface area contributed by atoms with Crippen LogP contribution < -0.4 is 5.32 Å². The number of aryl methyl sites for hydroxylation is 3. The quantitative estimate of drug-likeness (QED) is 0.807. The molecule has 4 heteroatoms. The molecule has 1 aromatic heterocycles. The second-order valence-electron chi connectivity index (χ2n) is 5.00. The van der Waals surface area contributed by atoms with Crippen LogP contribution in [-0.4, -0.2) is 11.5 Å². The molecule has 0 unspecified atom stereocenters. The van der Waals surface area contributed by atoms with Crippen LogP contribution >= 0.6 is 11.8 Å². The highest BCUT2D eigenvalue weighted by molar-refractivity contribution is 7.99. The molecule has 2 aromatic rings. The number of oxazole rings is 1. The van der Waals surface area contributed by atoms with E-state index in [2.05, 4.69) is 42.3 Å². The summed E-state index contributed by atoms with van der Waals surface area (Å²) in [6.45, 7) is 10.2. The number of hydrogen-bond donors (Lipinski definition) is 1. The number of hydrogen-bond acceptors (Lipinski definition) is 4. The predicted molar refractivity (Wildman–Crippen MR) is 83.3 cm³/mol. The summed E-state index contributed by atoms with van der Waals surface area (Å²) in [6, 6.07) is 6.55. The Morgan fingerprint density at radius 2 is 2.05 bits per heavy atom. The van der Waals surface area contributed by atoms with E-state index in [0.717, 1.165) is 36.2 Å². The summed E-state index contributed by atoms with van der Waals surface area (Å²) in [5.41, 5.74) is 3.55. The van der Waals surface area contributed by atoms with Crippen molar-refractivity contribution in [2.75, 3.05) is 6.54 Å². The van der Waals surface area contributed by atoms with Gasteiger partial charge in [-0.1, -0.05) is 19.1 Å². The molecule has 0 atom stereocenters. The van der Waals surface area contributed by atoms with Crippen molar-refractivity contribution in [2.24, 2.45) is 0 Å². The van der Waals surface area contributed by atoms with Crippen molar-refractivity contribution in [1.29, 1.82) is 0 Å². The summed E-state index contributed by atoms with van der Waals surface area (Å²) in [7, 11) is 0. The van der Waals surface area contributed by atoms with Crippen LogP contribution in [0.4, 0.5) is 0 Å². The van der Waals surface area contributed by atoms with Crippen LogP contribution in [0.25, 0.3) is 0 Å². The molecule has 0 spiro atoms. The lowest BCUT2D eigenvalue weighted by Crippen LogP contribution is -2.13. The van der Waals surface area contributed by atoms with Gasteiger partial charge in [0.2, 0.25) is 0 Å². The maximum atomic E-state index is 5.62. The first-order valence-electron chi connectivity index (χ1n) is 7.02. The second-order valence-corrected chi connectivity index (χ2v) is 5.99. The zero-order valence-corrected chi connectivity index (χ0v) is 13.4. The number of rotatable bonds is 6. The Morgan fingerprint density at radius 3 is 2.65 bits per heavy atom. The first-order chi connectivity index (χ1) is 9.60. The van der Waals surface area contributed by atoms with Crippen molar-refractivity contribution in [3.8, 4) is 0 Å². The van der Waals surface area contributed by atoms with Gasteiger partial charge in [-0.15, -0.1) is 0 Å². The SMILES string of the molecule is CCCNCc1ccc(Sc2nc(C)c(C)o2)c(C)c1. The second kappa shape index (κ2) is 6.95. The van der Waals surface area contributed by atoms with E-state index in [9.17, 15) is 0 Å². The molecule has 0 fully saturated rings. The first kappa shape index (κ1) is 15.1. The summed E-state index contributed by atoms with van der Waals surface area (Å²) in [6.07, 6.45) is 1.16. The maximum Gasteiger partial charge on any atom is 0.261 e. The average Bonchev–Trinajstić information content (AvgIpc) is 2.72. The van der Waals surface area contributed by atoms with E-state index in [1.807, 2.05) is 13.8 Å². The van der Waals surface area contributed by atoms with E-state index >= 15 is 0 Å². The van der Waals surface area contributed by atoms with E-state index in [1.165, 1.54) is 16.0 Å². The largest absolute Gasteiger partial charge is 0.436 e. The van der Waals surface area contributed by atoms with Crippen molar-refractivity contribution in [1.82, 2.24) is 10.3 Å². The minimum absolute atomic E-state index is 0.722. The van der Waals surface area contributed by atoms with Crippen LogP contribution in [0.1, 0.15) is 35.9 Å². The van der Waals surface area contributed by atoms with Gasteiger partial charge in [-0.05, 0) is 62.7 Å². The van der Waals surface area contributed by atoms with Gasteiger partial charge in [0.1, 0.15) is 5.76 Å². The van der Waals surface area contributed by atoms with Gasteiger partial charge in [0.25, 0.3) is 5.22 Å². The van der Waals surface area contributed by atoms with Crippen LogP contribution in [0.15, 0.2) is 32.7 Å². The van der Waals surface area contributed by atoms with Crippen molar-refractivity contribution >= 4 is 11.8 Å². The molecule has 3 nitrogen and oxygen atoms in total. The van der Waals surface area contributed by atoms with Gasteiger partial charge in [0.15, 0.2) is 0 Å². The summed E-state index contributed by atoms with van der Waals surface area (Å²) in [4.78, 5) is 5.61. The van der Waals surface area contributed by atoms with Crippen LogP contribution in [-0.2, 0) is 6.54 Å². The highest BCUT2D eigenvalue weighted by Gasteiger charge is 2.09. The Labute approximate surface area is 125 Å². The topological polar surface area (TPSA) is 38.1 Å². The third kappa shape index (κ3) is 3.87. The van der Waals surface area contributed by atoms with Crippen molar-refractivity contribution < 1.29 is 4.42 Å². The zero-order valence-electron chi connectivity index (χ0n) is 12.6. The Balaban J connectivity index is 2.05. The summed E-state index contributed by atoms with van der Waals surface area (Å²) in [5, 5.41) is 4.14. The molecule has 0 aliphatic carbocycles. The van der Waals surface area contributed by atoms with Crippen LogP contribution in [0.5, 0.6) is 0 Å². The molecule has 0 aliphatic rings. The molecule has 20 heavy (non-hydrogen) atoms. The normalized spacial score (nSPS) is 11.0. The molecular formula is C16H22N2OS. The van der Waals surface area contributed by atoms with E-state index in [1.54, 1.807) is 11.8 Å². The van der Waals surface area contributed by atoms with Gasteiger partial charge < -0.3 is 9.73 Å². The van der Waals surface area contributed by atoms with Gasteiger partial charge in [-0.25, -0.2) is 4.98 Å². The lowest BCUT2D eigenvalue weighted by Gasteiger charge is -2.07. The first-order valence-corrected chi connectivity index (χ1v) is 7.84. The molecule has 1 aromatic carbocycles. The molecule has 1 N–H and O–H groups in total. The van der Waals surface area contributed by atoms with Gasteiger partial charge in [-0.3, -0.25) is 0 Å². The molecular weight excluding hydrogens is 268 g/mol. The zero-order chi connectivity index (χ0) is 14.5. The molecule has 0 radical (unpaired) electrons. The smallest absolute Gasteiger partial charge is 0.261 e. The number of aromatic nitrogens is 1. The van der Waals surface area contributed by atoms with Gasteiger partial charge in [0.05, 0.1) is 5.69 Å². The summed E-state index contributed by atoms with van der Waals surface area (Å²) >= 11 is 1.59. The molecule has 0 bridgehead atoms. The third-order valence-electron chi connectivity index (χ3n) is 3.20. The Hall–Kier alpha value is -1.26. The number of nitrogens with zero attached hydrogens (tertiary/aromatic N) is 1.